The first kappa shape index (κ1) is 15.5. The number of hydrogen-bond donors (Lipinski definition) is 2. The highest BCUT2D eigenvalue weighted by molar-refractivity contribution is 8.00. The van der Waals surface area contributed by atoms with E-state index in [4.69, 9.17) is 17.3 Å². The minimum Gasteiger partial charge on any atom is -0.398 e. The molecule has 110 valence electrons. The van der Waals surface area contributed by atoms with E-state index in [0.717, 1.165) is 17.7 Å². The summed E-state index contributed by atoms with van der Waals surface area (Å²) in [5, 5.41) is 3.56. The maximum atomic E-state index is 12.2. The van der Waals surface area contributed by atoms with Gasteiger partial charge in [0, 0.05) is 10.9 Å². The Hall–Kier alpha value is -0.870. The van der Waals surface area contributed by atoms with Crippen LogP contribution in [0.2, 0.25) is 5.02 Å². The molecule has 20 heavy (non-hydrogen) atoms. The molecule has 3 N–H and O–H groups in total. The van der Waals surface area contributed by atoms with Crippen molar-refractivity contribution in [3.05, 3.63) is 23.2 Å². The van der Waals surface area contributed by atoms with Gasteiger partial charge >= 0.3 is 0 Å². The van der Waals surface area contributed by atoms with Crippen molar-refractivity contribution in [2.45, 2.75) is 55.2 Å². The number of carbonyl (C=O) groups is 1. The van der Waals surface area contributed by atoms with Crippen molar-refractivity contribution in [3.63, 3.8) is 0 Å². The molecule has 1 unspecified atom stereocenters. The van der Waals surface area contributed by atoms with Crippen molar-refractivity contribution in [1.82, 2.24) is 5.32 Å². The average Bonchev–Trinajstić information content (AvgIpc) is 2.44. The van der Waals surface area contributed by atoms with Gasteiger partial charge in [-0.25, -0.2) is 0 Å². The molecule has 0 radical (unpaired) electrons. The van der Waals surface area contributed by atoms with E-state index in [9.17, 15) is 4.79 Å². The minimum atomic E-state index is -0.128. The van der Waals surface area contributed by atoms with E-state index in [1.165, 1.54) is 31.0 Å². The van der Waals surface area contributed by atoms with Gasteiger partial charge in [-0.2, -0.15) is 0 Å². The maximum Gasteiger partial charge on any atom is 0.233 e. The maximum absolute atomic E-state index is 12.2. The molecule has 1 aliphatic rings. The third-order valence-electron chi connectivity index (χ3n) is 3.61. The number of thioether (sulfide) groups is 1. The lowest BCUT2D eigenvalue weighted by Gasteiger charge is -2.24. The van der Waals surface area contributed by atoms with E-state index in [-0.39, 0.29) is 11.2 Å². The van der Waals surface area contributed by atoms with Crippen molar-refractivity contribution >= 4 is 35.0 Å². The van der Waals surface area contributed by atoms with Crippen LogP contribution in [0.1, 0.15) is 39.0 Å². The Morgan fingerprint density at radius 2 is 2.10 bits per heavy atom. The van der Waals surface area contributed by atoms with Gasteiger partial charge in [-0.1, -0.05) is 30.9 Å². The second kappa shape index (κ2) is 7.23. The van der Waals surface area contributed by atoms with Gasteiger partial charge in [-0.05, 0) is 38.0 Å². The fraction of sp³-hybridized carbons (Fsp3) is 0.533. The molecule has 1 aromatic carbocycles. The number of amides is 1. The number of nitrogen functional groups attached to an aromatic ring is 1. The molecular weight excluding hydrogens is 292 g/mol. The van der Waals surface area contributed by atoms with Crippen molar-refractivity contribution in [2.24, 2.45) is 0 Å². The molecule has 1 saturated carbocycles. The first-order valence-corrected chi connectivity index (χ1v) is 8.34. The van der Waals surface area contributed by atoms with Crippen molar-refractivity contribution < 1.29 is 4.79 Å². The number of rotatable bonds is 4. The molecule has 5 heteroatoms. The number of nitrogens with two attached hydrogens (primary N) is 1. The van der Waals surface area contributed by atoms with Crippen molar-refractivity contribution in [3.8, 4) is 0 Å². The summed E-state index contributed by atoms with van der Waals surface area (Å²) in [5.41, 5.74) is 6.25. The summed E-state index contributed by atoms with van der Waals surface area (Å²) in [7, 11) is 0. The number of hydrogen-bond acceptors (Lipinski definition) is 3. The standard InChI is InChI=1S/C15H21ClN2OS/c1-10(15(19)18-11-5-3-2-4-6-11)20-12-7-8-14(17)13(16)9-12/h7-11H,2-6,17H2,1H3,(H,18,19). The van der Waals surface area contributed by atoms with Gasteiger partial charge in [0.1, 0.15) is 0 Å². The van der Waals surface area contributed by atoms with E-state index >= 15 is 0 Å². The summed E-state index contributed by atoms with van der Waals surface area (Å²) < 4.78 is 0. The normalized spacial score (nSPS) is 17.7. The molecule has 2 rings (SSSR count). The Bertz CT molecular complexity index is 475. The zero-order valence-electron chi connectivity index (χ0n) is 11.7. The van der Waals surface area contributed by atoms with Crippen LogP contribution in [-0.2, 0) is 4.79 Å². The Morgan fingerprint density at radius 1 is 1.40 bits per heavy atom. The van der Waals surface area contributed by atoms with Gasteiger partial charge in [0.15, 0.2) is 0 Å². The molecule has 0 bridgehead atoms. The monoisotopic (exact) mass is 312 g/mol. The van der Waals surface area contributed by atoms with Crippen molar-refractivity contribution in [1.29, 1.82) is 0 Å². The zero-order chi connectivity index (χ0) is 14.5. The van der Waals surface area contributed by atoms with Gasteiger partial charge < -0.3 is 11.1 Å². The molecular formula is C15H21ClN2OS. The van der Waals surface area contributed by atoms with Gasteiger partial charge in [0.05, 0.1) is 16.0 Å². The van der Waals surface area contributed by atoms with Gasteiger partial charge in [-0.15, -0.1) is 11.8 Å². The summed E-state index contributed by atoms with van der Waals surface area (Å²) in [4.78, 5) is 13.1. The fourth-order valence-electron chi connectivity index (χ4n) is 2.40. The predicted octanol–water partition coefficient (Wildman–Crippen LogP) is 3.85. The number of carbonyl (C=O) groups excluding carboxylic acids is 1. The molecule has 1 aromatic rings. The van der Waals surface area contributed by atoms with E-state index in [0.29, 0.717) is 16.8 Å². The first-order valence-electron chi connectivity index (χ1n) is 7.08. The third-order valence-corrected chi connectivity index (χ3v) is 5.03. The fourth-order valence-corrected chi connectivity index (χ4v) is 3.57. The molecule has 1 atom stereocenters. The quantitative estimate of drug-likeness (QED) is 0.656. The van der Waals surface area contributed by atoms with Crippen LogP contribution in [0, 0.1) is 0 Å². The van der Waals surface area contributed by atoms with Crippen LogP contribution in [0.4, 0.5) is 5.69 Å². The lowest BCUT2D eigenvalue weighted by molar-refractivity contribution is -0.121. The molecule has 0 aromatic heterocycles. The summed E-state index contributed by atoms with van der Waals surface area (Å²) in [5.74, 6) is 0.106. The van der Waals surface area contributed by atoms with Crippen LogP contribution in [0.3, 0.4) is 0 Å². The zero-order valence-corrected chi connectivity index (χ0v) is 13.3. The van der Waals surface area contributed by atoms with E-state index in [2.05, 4.69) is 5.32 Å². The van der Waals surface area contributed by atoms with Crippen LogP contribution < -0.4 is 11.1 Å². The number of anilines is 1. The Labute approximate surface area is 129 Å². The highest BCUT2D eigenvalue weighted by Crippen LogP contribution is 2.29. The second-order valence-corrected chi connectivity index (χ2v) is 7.11. The summed E-state index contributed by atoms with van der Waals surface area (Å²) >= 11 is 7.50. The van der Waals surface area contributed by atoms with Gasteiger partial charge in [0.25, 0.3) is 0 Å². The van der Waals surface area contributed by atoms with Crippen LogP contribution >= 0.6 is 23.4 Å². The van der Waals surface area contributed by atoms with Crippen LogP contribution in [0.15, 0.2) is 23.1 Å². The summed E-state index contributed by atoms with van der Waals surface area (Å²) in [6, 6.07) is 5.84. The smallest absolute Gasteiger partial charge is 0.233 e. The third kappa shape index (κ3) is 4.32. The number of halogens is 1. The van der Waals surface area contributed by atoms with Crippen LogP contribution in [-0.4, -0.2) is 17.2 Å². The van der Waals surface area contributed by atoms with E-state index in [1.807, 2.05) is 19.1 Å². The molecule has 1 fully saturated rings. The molecule has 3 nitrogen and oxygen atoms in total. The van der Waals surface area contributed by atoms with E-state index in [1.54, 1.807) is 6.07 Å². The molecule has 0 saturated heterocycles. The molecule has 1 aliphatic carbocycles. The predicted molar refractivity (Wildman–Crippen MR) is 86.2 cm³/mol. The first-order chi connectivity index (χ1) is 9.56. The Balaban J connectivity index is 1.88. The van der Waals surface area contributed by atoms with Crippen LogP contribution in [0.25, 0.3) is 0 Å². The topological polar surface area (TPSA) is 55.1 Å². The minimum absolute atomic E-state index is 0.106. The van der Waals surface area contributed by atoms with Gasteiger partial charge in [-0.3, -0.25) is 4.79 Å². The highest BCUT2D eigenvalue weighted by Gasteiger charge is 2.20. The molecule has 0 heterocycles. The van der Waals surface area contributed by atoms with Crippen LogP contribution in [0.5, 0.6) is 0 Å². The average molecular weight is 313 g/mol. The molecule has 0 aliphatic heterocycles. The number of benzene rings is 1. The van der Waals surface area contributed by atoms with Gasteiger partial charge in [0.2, 0.25) is 5.91 Å². The largest absolute Gasteiger partial charge is 0.398 e. The summed E-state index contributed by atoms with van der Waals surface area (Å²) in [6.07, 6.45) is 5.95. The lowest BCUT2D eigenvalue weighted by atomic mass is 9.95. The molecule has 1 amide bonds. The molecule has 0 spiro atoms. The Kier molecular flexibility index (Phi) is 5.61. The Morgan fingerprint density at radius 3 is 2.75 bits per heavy atom. The summed E-state index contributed by atoms with van der Waals surface area (Å²) in [6.45, 7) is 1.92. The highest BCUT2D eigenvalue weighted by atomic mass is 35.5. The lowest BCUT2D eigenvalue weighted by Crippen LogP contribution is -2.40. The SMILES string of the molecule is CC(Sc1ccc(N)c(Cl)c1)C(=O)NC1CCCCC1. The number of nitrogens with one attached hydrogen (secondary N) is 1. The van der Waals surface area contributed by atoms with Crippen molar-refractivity contribution in [2.75, 3.05) is 5.73 Å². The van der Waals surface area contributed by atoms with E-state index < -0.39 is 0 Å². The second-order valence-electron chi connectivity index (χ2n) is 5.29.